The quantitative estimate of drug-likeness (QED) is 0.795. The molecule has 80 valence electrons. The van der Waals surface area contributed by atoms with Crippen molar-refractivity contribution in [2.75, 3.05) is 5.32 Å². The zero-order valence-corrected chi connectivity index (χ0v) is 9.48. The van der Waals surface area contributed by atoms with Crippen LogP contribution in [0.15, 0.2) is 30.5 Å². The third kappa shape index (κ3) is 3.64. The molecule has 0 radical (unpaired) electrons. The lowest BCUT2D eigenvalue weighted by Crippen LogP contribution is -2.26. The minimum atomic E-state index is -0.317. The van der Waals surface area contributed by atoms with Gasteiger partial charge in [0.2, 0.25) is 0 Å². The molecule has 0 unspecified atom stereocenters. The zero-order valence-electron chi connectivity index (χ0n) is 8.73. The number of amides is 2. The van der Waals surface area contributed by atoms with Crippen molar-refractivity contribution in [2.24, 2.45) is 0 Å². The monoisotopic (exact) mass is 224 g/mol. The summed E-state index contributed by atoms with van der Waals surface area (Å²) in [6, 6.07) is 5.02. The molecule has 0 aromatic heterocycles. The molecule has 0 fully saturated rings. The molecular formula is C11H13ClN2O. The number of hydrogen-bond donors (Lipinski definition) is 2. The molecule has 1 aromatic rings. The molecule has 0 bridgehead atoms. The smallest absolute Gasteiger partial charge is 0.312 e. The summed E-state index contributed by atoms with van der Waals surface area (Å²) >= 11 is 5.91. The van der Waals surface area contributed by atoms with Crippen molar-refractivity contribution in [1.29, 1.82) is 0 Å². The SMILES string of the molecule is C=C(C)NC(=O)Nc1ccc(C)c(Cl)c1. The molecule has 0 aliphatic heterocycles. The van der Waals surface area contributed by atoms with Gasteiger partial charge in [-0.3, -0.25) is 0 Å². The van der Waals surface area contributed by atoms with Crippen LogP contribution in [0.5, 0.6) is 0 Å². The molecule has 3 nitrogen and oxygen atoms in total. The molecule has 0 saturated heterocycles. The molecule has 1 aromatic carbocycles. The number of aryl methyl sites for hydroxylation is 1. The molecule has 0 heterocycles. The van der Waals surface area contributed by atoms with Crippen molar-refractivity contribution in [3.05, 3.63) is 41.1 Å². The first-order valence-corrected chi connectivity index (χ1v) is 4.86. The molecule has 2 N–H and O–H groups in total. The summed E-state index contributed by atoms with van der Waals surface area (Å²) in [5.41, 5.74) is 2.22. The van der Waals surface area contributed by atoms with Crippen LogP contribution in [0.25, 0.3) is 0 Å². The molecule has 0 aliphatic carbocycles. The summed E-state index contributed by atoms with van der Waals surface area (Å²) in [4.78, 5) is 11.3. The number of carbonyl (C=O) groups is 1. The van der Waals surface area contributed by atoms with Gasteiger partial charge in [-0.15, -0.1) is 0 Å². The molecule has 0 spiro atoms. The molecular weight excluding hydrogens is 212 g/mol. The Bertz CT molecular complexity index is 402. The van der Waals surface area contributed by atoms with Crippen LogP contribution in [-0.2, 0) is 0 Å². The number of hydrogen-bond acceptors (Lipinski definition) is 1. The third-order valence-corrected chi connectivity index (χ3v) is 2.16. The minimum absolute atomic E-state index is 0.317. The van der Waals surface area contributed by atoms with Crippen molar-refractivity contribution in [3.8, 4) is 0 Å². The van der Waals surface area contributed by atoms with E-state index in [1.54, 1.807) is 19.1 Å². The Hall–Kier alpha value is -1.48. The van der Waals surface area contributed by atoms with Crippen LogP contribution < -0.4 is 10.6 Å². The Morgan fingerprint density at radius 2 is 2.13 bits per heavy atom. The van der Waals surface area contributed by atoms with Gasteiger partial charge in [0.05, 0.1) is 0 Å². The van der Waals surface area contributed by atoms with Crippen LogP contribution in [0.4, 0.5) is 10.5 Å². The van der Waals surface area contributed by atoms with E-state index in [4.69, 9.17) is 11.6 Å². The molecule has 15 heavy (non-hydrogen) atoms. The average Bonchev–Trinajstić information content (AvgIpc) is 2.10. The number of nitrogens with one attached hydrogen (secondary N) is 2. The lowest BCUT2D eigenvalue weighted by atomic mass is 10.2. The highest BCUT2D eigenvalue weighted by molar-refractivity contribution is 6.31. The lowest BCUT2D eigenvalue weighted by Gasteiger charge is -2.07. The first-order chi connectivity index (χ1) is 6.99. The Morgan fingerprint density at radius 3 is 2.67 bits per heavy atom. The molecule has 4 heteroatoms. The highest BCUT2D eigenvalue weighted by Crippen LogP contribution is 2.19. The van der Waals surface area contributed by atoms with E-state index in [0.717, 1.165) is 5.56 Å². The van der Waals surface area contributed by atoms with Crippen LogP contribution in [0.3, 0.4) is 0 Å². The Labute approximate surface area is 94.1 Å². The van der Waals surface area contributed by atoms with Gasteiger partial charge < -0.3 is 10.6 Å². The zero-order chi connectivity index (χ0) is 11.4. The van der Waals surface area contributed by atoms with E-state index in [2.05, 4.69) is 17.2 Å². The molecule has 1 rings (SSSR count). The number of anilines is 1. The first-order valence-electron chi connectivity index (χ1n) is 4.48. The standard InChI is InChI=1S/C11H13ClN2O/c1-7(2)13-11(15)14-9-5-4-8(3)10(12)6-9/h4-6H,1H2,2-3H3,(H2,13,14,15). The van der Waals surface area contributed by atoms with Gasteiger partial charge in [0.15, 0.2) is 0 Å². The fraction of sp³-hybridized carbons (Fsp3) is 0.182. The van der Waals surface area contributed by atoms with Gasteiger partial charge in [0, 0.05) is 16.4 Å². The van der Waals surface area contributed by atoms with Gasteiger partial charge >= 0.3 is 6.03 Å². The van der Waals surface area contributed by atoms with E-state index >= 15 is 0 Å². The third-order valence-electron chi connectivity index (χ3n) is 1.76. The Kier molecular flexibility index (Phi) is 3.74. The summed E-state index contributed by atoms with van der Waals surface area (Å²) in [6.45, 7) is 7.18. The average molecular weight is 225 g/mol. The predicted octanol–water partition coefficient (Wildman–Crippen LogP) is 3.30. The Morgan fingerprint density at radius 1 is 1.47 bits per heavy atom. The normalized spacial score (nSPS) is 9.53. The van der Waals surface area contributed by atoms with Crippen molar-refractivity contribution in [2.45, 2.75) is 13.8 Å². The van der Waals surface area contributed by atoms with Gasteiger partial charge in [-0.25, -0.2) is 4.79 Å². The lowest BCUT2D eigenvalue weighted by molar-refractivity contribution is 0.254. The molecule has 2 amide bonds. The fourth-order valence-electron chi connectivity index (χ4n) is 1.03. The number of carbonyl (C=O) groups excluding carboxylic acids is 1. The second kappa shape index (κ2) is 4.84. The van der Waals surface area contributed by atoms with E-state index in [-0.39, 0.29) is 6.03 Å². The summed E-state index contributed by atoms with van der Waals surface area (Å²) in [5, 5.41) is 5.81. The molecule has 0 aliphatic rings. The van der Waals surface area contributed by atoms with Crippen molar-refractivity contribution < 1.29 is 4.79 Å². The van der Waals surface area contributed by atoms with Crippen molar-refractivity contribution in [1.82, 2.24) is 5.32 Å². The first kappa shape index (κ1) is 11.6. The van der Waals surface area contributed by atoms with Gasteiger partial charge in [-0.05, 0) is 31.5 Å². The van der Waals surface area contributed by atoms with Crippen molar-refractivity contribution >= 4 is 23.3 Å². The van der Waals surface area contributed by atoms with Crippen LogP contribution in [-0.4, -0.2) is 6.03 Å². The highest BCUT2D eigenvalue weighted by atomic mass is 35.5. The van der Waals surface area contributed by atoms with E-state index in [1.165, 1.54) is 0 Å². The maximum atomic E-state index is 11.3. The van der Waals surface area contributed by atoms with E-state index in [9.17, 15) is 4.79 Å². The summed E-state index contributed by atoms with van der Waals surface area (Å²) in [7, 11) is 0. The predicted molar refractivity (Wildman–Crippen MR) is 63.2 cm³/mol. The van der Waals surface area contributed by atoms with E-state index in [1.807, 2.05) is 13.0 Å². The Balaban J connectivity index is 2.69. The second-order valence-corrected chi connectivity index (χ2v) is 3.73. The largest absolute Gasteiger partial charge is 0.323 e. The summed E-state index contributed by atoms with van der Waals surface area (Å²) in [6.07, 6.45) is 0. The van der Waals surface area contributed by atoms with Gasteiger partial charge in [0.1, 0.15) is 0 Å². The van der Waals surface area contributed by atoms with E-state index < -0.39 is 0 Å². The number of halogens is 1. The van der Waals surface area contributed by atoms with Gasteiger partial charge in [-0.1, -0.05) is 24.2 Å². The van der Waals surface area contributed by atoms with Crippen LogP contribution in [0, 0.1) is 6.92 Å². The van der Waals surface area contributed by atoms with Crippen LogP contribution >= 0.6 is 11.6 Å². The second-order valence-electron chi connectivity index (χ2n) is 3.32. The summed E-state index contributed by atoms with van der Waals surface area (Å²) < 4.78 is 0. The maximum absolute atomic E-state index is 11.3. The van der Waals surface area contributed by atoms with Crippen molar-refractivity contribution in [3.63, 3.8) is 0 Å². The maximum Gasteiger partial charge on any atom is 0.323 e. The number of urea groups is 1. The van der Waals surface area contributed by atoms with Crippen LogP contribution in [0.2, 0.25) is 5.02 Å². The number of benzene rings is 1. The minimum Gasteiger partial charge on any atom is -0.312 e. The van der Waals surface area contributed by atoms with Crippen LogP contribution in [0.1, 0.15) is 12.5 Å². The fourth-order valence-corrected chi connectivity index (χ4v) is 1.21. The summed E-state index contributed by atoms with van der Waals surface area (Å²) in [5.74, 6) is 0. The molecule has 0 saturated carbocycles. The number of allylic oxidation sites excluding steroid dienone is 1. The van der Waals surface area contributed by atoms with Gasteiger partial charge in [0.25, 0.3) is 0 Å². The highest BCUT2D eigenvalue weighted by Gasteiger charge is 2.02. The number of rotatable bonds is 2. The topological polar surface area (TPSA) is 41.1 Å². The molecule has 0 atom stereocenters. The van der Waals surface area contributed by atoms with E-state index in [0.29, 0.717) is 16.4 Å². The van der Waals surface area contributed by atoms with Gasteiger partial charge in [-0.2, -0.15) is 0 Å².